The summed E-state index contributed by atoms with van der Waals surface area (Å²) in [6.45, 7) is 0. The molecule has 2 aromatic rings. The Balaban J connectivity index is 2.11. The van der Waals surface area contributed by atoms with E-state index in [0.29, 0.717) is 28.6 Å². The van der Waals surface area contributed by atoms with Gasteiger partial charge in [-0.1, -0.05) is 0 Å². The van der Waals surface area contributed by atoms with Crippen LogP contribution in [0.25, 0.3) is 0 Å². The Kier molecular flexibility index (Phi) is 3.95. The van der Waals surface area contributed by atoms with Crippen molar-refractivity contribution in [1.82, 2.24) is 0 Å². The molecule has 4 N–H and O–H groups in total. The number of ether oxygens (including phenoxy) is 2. The van der Waals surface area contributed by atoms with Gasteiger partial charge in [0.1, 0.15) is 17.2 Å². The molecule has 0 fully saturated rings. The Morgan fingerprint density at radius 3 is 2.40 bits per heavy atom. The number of carboxylic acid groups (broad SMARTS) is 1. The van der Waals surface area contributed by atoms with Crippen LogP contribution in [-0.2, 0) is 0 Å². The Labute approximate surface area is 115 Å². The van der Waals surface area contributed by atoms with Crippen LogP contribution in [0.2, 0.25) is 0 Å². The Hall–Kier alpha value is -2.89. The fraction of sp³-hybridized carbons (Fsp3) is 0.0714. The number of hydrogen-bond donors (Lipinski definition) is 3. The van der Waals surface area contributed by atoms with E-state index in [9.17, 15) is 4.79 Å². The normalized spacial score (nSPS) is 9.85. The van der Waals surface area contributed by atoms with Crippen molar-refractivity contribution in [1.29, 1.82) is 0 Å². The zero-order chi connectivity index (χ0) is 14.5. The molecule has 6 heteroatoms. The molecular formula is C14H14N2O4. The van der Waals surface area contributed by atoms with Crippen molar-refractivity contribution in [3.63, 3.8) is 0 Å². The lowest BCUT2D eigenvalue weighted by atomic mass is 10.2. The van der Waals surface area contributed by atoms with Crippen molar-refractivity contribution in [2.45, 2.75) is 0 Å². The molecule has 104 valence electrons. The maximum absolute atomic E-state index is 10.5. The van der Waals surface area contributed by atoms with Gasteiger partial charge in [-0.2, -0.15) is 0 Å². The smallest absolute Gasteiger partial charge is 0.409 e. The summed E-state index contributed by atoms with van der Waals surface area (Å²) in [6.07, 6.45) is -1.11. The minimum absolute atomic E-state index is 0.472. The first kappa shape index (κ1) is 13.5. The number of carbonyl (C=O) groups is 1. The van der Waals surface area contributed by atoms with Gasteiger partial charge in [0.15, 0.2) is 0 Å². The van der Waals surface area contributed by atoms with Crippen molar-refractivity contribution >= 4 is 17.5 Å². The molecule has 0 spiro atoms. The van der Waals surface area contributed by atoms with Crippen molar-refractivity contribution in [3.8, 4) is 17.2 Å². The predicted octanol–water partition coefficient (Wildman–Crippen LogP) is 3.16. The maximum atomic E-state index is 10.5. The van der Waals surface area contributed by atoms with Crippen molar-refractivity contribution in [2.24, 2.45) is 0 Å². The highest BCUT2D eigenvalue weighted by Gasteiger charge is 2.04. The zero-order valence-corrected chi connectivity index (χ0v) is 10.8. The Bertz CT molecular complexity index is 611. The molecule has 2 aromatic carbocycles. The van der Waals surface area contributed by atoms with Gasteiger partial charge in [0.2, 0.25) is 0 Å². The van der Waals surface area contributed by atoms with E-state index in [-0.39, 0.29) is 0 Å². The molecule has 0 saturated carbocycles. The lowest BCUT2D eigenvalue weighted by Crippen LogP contribution is -2.06. The lowest BCUT2D eigenvalue weighted by Gasteiger charge is -2.09. The molecule has 0 radical (unpaired) electrons. The number of methoxy groups -OCH3 is 1. The Morgan fingerprint density at radius 2 is 1.80 bits per heavy atom. The molecule has 0 bridgehead atoms. The highest BCUT2D eigenvalue weighted by molar-refractivity contribution is 5.82. The van der Waals surface area contributed by atoms with Crippen molar-refractivity contribution < 1.29 is 19.4 Å². The van der Waals surface area contributed by atoms with Crippen LogP contribution in [0, 0.1) is 0 Å². The first-order chi connectivity index (χ1) is 9.58. The number of benzene rings is 2. The van der Waals surface area contributed by atoms with Crippen LogP contribution >= 0.6 is 0 Å². The highest BCUT2D eigenvalue weighted by atomic mass is 16.5. The molecule has 20 heavy (non-hydrogen) atoms. The Morgan fingerprint density at radius 1 is 1.15 bits per heavy atom. The van der Waals surface area contributed by atoms with Crippen LogP contribution in [0.15, 0.2) is 42.5 Å². The van der Waals surface area contributed by atoms with Gasteiger partial charge in [-0.05, 0) is 36.4 Å². The standard InChI is InChI=1S/C14H14N2O4/c1-19-13-8-11(6-7-12(13)15)20-10-4-2-9(3-5-10)16-14(17)18/h2-8,16H,15H2,1H3,(H,17,18). The summed E-state index contributed by atoms with van der Waals surface area (Å²) in [7, 11) is 1.53. The summed E-state index contributed by atoms with van der Waals surface area (Å²) in [5.74, 6) is 1.69. The van der Waals surface area contributed by atoms with Gasteiger partial charge in [-0.15, -0.1) is 0 Å². The summed E-state index contributed by atoms with van der Waals surface area (Å²) in [4.78, 5) is 10.5. The molecule has 0 unspecified atom stereocenters. The number of nitrogens with one attached hydrogen (secondary N) is 1. The summed E-state index contributed by atoms with van der Waals surface area (Å²) >= 11 is 0. The van der Waals surface area contributed by atoms with Gasteiger partial charge in [0.25, 0.3) is 0 Å². The third-order valence-electron chi connectivity index (χ3n) is 2.55. The van der Waals surface area contributed by atoms with E-state index in [4.69, 9.17) is 20.3 Å². The minimum Gasteiger partial charge on any atom is -0.494 e. The van der Waals surface area contributed by atoms with Gasteiger partial charge in [-0.25, -0.2) is 4.79 Å². The van der Waals surface area contributed by atoms with Crippen molar-refractivity contribution in [2.75, 3.05) is 18.2 Å². The van der Waals surface area contributed by atoms with Crippen LogP contribution in [0.4, 0.5) is 16.2 Å². The van der Waals surface area contributed by atoms with Crippen LogP contribution in [0.1, 0.15) is 0 Å². The van der Waals surface area contributed by atoms with Crippen LogP contribution in [-0.4, -0.2) is 18.3 Å². The summed E-state index contributed by atoms with van der Waals surface area (Å²) < 4.78 is 10.7. The quantitative estimate of drug-likeness (QED) is 0.744. The van der Waals surface area contributed by atoms with E-state index < -0.39 is 6.09 Å². The molecule has 0 aliphatic carbocycles. The fourth-order valence-electron chi connectivity index (χ4n) is 1.62. The summed E-state index contributed by atoms with van der Waals surface area (Å²) in [5, 5.41) is 10.8. The van der Waals surface area contributed by atoms with Gasteiger partial charge in [0.05, 0.1) is 12.8 Å². The second-order valence-corrected chi connectivity index (χ2v) is 3.96. The van der Waals surface area contributed by atoms with E-state index in [1.54, 1.807) is 42.5 Å². The zero-order valence-electron chi connectivity index (χ0n) is 10.8. The SMILES string of the molecule is COc1cc(Oc2ccc(NC(=O)O)cc2)ccc1N. The lowest BCUT2D eigenvalue weighted by molar-refractivity contribution is 0.209. The number of nitrogens with two attached hydrogens (primary N) is 1. The topological polar surface area (TPSA) is 93.8 Å². The van der Waals surface area contributed by atoms with E-state index in [1.807, 2.05) is 0 Å². The number of hydrogen-bond acceptors (Lipinski definition) is 4. The first-order valence-electron chi connectivity index (χ1n) is 5.80. The van der Waals surface area contributed by atoms with Gasteiger partial charge in [0, 0.05) is 11.8 Å². The molecule has 0 atom stereocenters. The summed E-state index contributed by atoms with van der Waals surface area (Å²) in [5.41, 5.74) is 6.72. The van der Waals surface area contributed by atoms with Crippen LogP contribution < -0.4 is 20.5 Å². The molecule has 0 aromatic heterocycles. The minimum atomic E-state index is -1.11. The number of nitrogen functional groups attached to an aromatic ring is 1. The fourth-order valence-corrected chi connectivity index (χ4v) is 1.62. The molecule has 0 aliphatic rings. The largest absolute Gasteiger partial charge is 0.494 e. The van der Waals surface area contributed by atoms with E-state index in [1.165, 1.54) is 7.11 Å². The number of amides is 1. The van der Waals surface area contributed by atoms with Gasteiger partial charge >= 0.3 is 6.09 Å². The third kappa shape index (κ3) is 3.32. The molecule has 6 nitrogen and oxygen atoms in total. The van der Waals surface area contributed by atoms with Gasteiger partial charge in [-0.3, -0.25) is 5.32 Å². The highest BCUT2D eigenvalue weighted by Crippen LogP contribution is 2.30. The monoisotopic (exact) mass is 274 g/mol. The first-order valence-corrected chi connectivity index (χ1v) is 5.80. The van der Waals surface area contributed by atoms with E-state index >= 15 is 0 Å². The second kappa shape index (κ2) is 5.83. The average molecular weight is 274 g/mol. The van der Waals surface area contributed by atoms with E-state index in [2.05, 4.69) is 5.32 Å². The molecular weight excluding hydrogens is 260 g/mol. The number of rotatable bonds is 4. The molecule has 0 saturated heterocycles. The second-order valence-electron chi connectivity index (χ2n) is 3.96. The maximum Gasteiger partial charge on any atom is 0.409 e. The summed E-state index contributed by atoms with van der Waals surface area (Å²) in [6, 6.07) is 11.6. The average Bonchev–Trinajstić information content (AvgIpc) is 2.42. The van der Waals surface area contributed by atoms with Crippen LogP contribution in [0.3, 0.4) is 0 Å². The molecule has 0 aliphatic heterocycles. The van der Waals surface area contributed by atoms with Crippen LogP contribution in [0.5, 0.6) is 17.2 Å². The molecule has 2 rings (SSSR count). The third-order valence-corrected chi connectivity index (χ3v) is 2.55. The van der Waals surface area contributed by atoms with E-state index in [0.717, 1.165) is 0 Å². The van der Waals surface area contributed by atoms with Gasteiger partial charge < -0.3 is 20.3 Å². The number of anilines is 2. The molecule has 1 amide bonds. The predicted molar refractivity (Wildman–Crippen MR) is 75.6 cm³/mol. The van der Waals surface area contributed by atoms with Crippen molar-refractivity contribution in [3.05, 3.63) is 42.5 Å². The molecule has 0 heterocycles.